The maximum atomic E-state index is 11.8. The fourth-order valence-electron chi connectivity index (χ4n) is 2.27. The molecule has 3 aromatic rings. The van der Waals surface area contributed by atoms with Crippen molar-refractivity contribution in [3.8, 4) is 5.75 Å². The van der Waals surface area contributed by atoms with Gasteiger partial charge in [-0.05, 0) is 36.3 Å². The van der Waals surface area contributed by atoms with Crippen LogP contribution in [0.5, 0.6) is 5.75 Å². The van der Waals surface area contributed by atoms with E-state index in [1.165, 1.54) is 18.4 Å². The lowest BCUT2D eigenvalue weighted by atomic mass is 10.2. The number of rotatable bonds is 3. The minimum Gasteiger partial charge on any atom is -0.508 e. The summed E-state index contributed by atoms with van der Waals surface area (Å²) in [7, 11) is 1.32. The number of esters is 1. The van der Waals surface area contributed by atoms with Gasteiger partial charge in [0.15, 0.2) is 5.82 Å². The minimum atomic E-state index is -0.441. The van der Waals surface area contributed by atoms with Crippen molar-refractivity contribution in [3.63, 3.8) is 0 Å². The third-order valence-electron chi connectivity index (χ3n) is 3.52. The number of halogens is 2. The normalized spacial score (nSPS) is 11.8. The van der Waals surface area contributed by atoms with E-state index in [9.17, 15) is 9.90 Å². The molecular formula is C17H12Cl2N2O3S. The minimum absolute atomic E-state index is 0.165. The largest absolute Gasteiger partial charge is 0.508 e. The Hall–Kier alpha value is -2.15. The third kappa shape index (κ3) is 3.46. The number of ether oxygens (including phenoxy) is 1. The van der Waals surface area contributed by atoms with Crippen LogP contribution in [0.3, 0.4) is 0 Å². The first-order chi connectivity index (χ1) is 11.9. The zero-order chi connectivity index (χ0) is 18.1. The monoisotopic (exact) mass is 394 g/mol. The summed E-state index contributed by atoms with van der Waals surface area (Å²) in [5.41, 5.74) is 1.46. The molecule has 0 aliphatic rings. The molecule has 0 fully saturated rings. The number of thiophene rings is 1. The van der Waals surface area contributed by atoms with Crippen LogP contribution in [-0.4, -0.2) is 28.2 Å². The first-order valence-electron chi connectivity index (χ1n) is 7.12. The van der Waals surface area contributed by atoms with E-state index in [0.717, 1.165) is 5.56 Å². The molecule has 1 aromatic carbocycles. The van der Waals surface area contributed by atoms with Crippen molar-refractivity contribution in [2.75, 3.05) is 7.11 Å². The summed E-state index contributed by atoms with van der Waals surface area (Å²) >= 11 is 13.8. The van der Waals surface area contributed by atoms with Crippen molar-refractivity contribution in [1.29, 1.82) is 0 Å². The molecular weight excluding hydrogens is 383 g/mol. The lowest BCUT2D eigenvalue weighted by Crippen LogP contribution is -1.99. The molecule has 0 aliphatic heterocycles. The Morgan fingerprint density at radius 1 is 1.28 bits per heavy atom. The Morgan fingerprint density at radius 3 is 2.60 bits per heavy atom. The lowest BCUT2D eigenvalue weighted by Gasteiger charge is -2.02. The van der Waals surface area contributed by atoms with Crippen LogP contribution in [0.15, 0.2) is 24.3 Å². The zero-order valence-corrected chi connectivity index (χ0v) is 15.5. The summed E-state index contributed by atoms with van der Waals surface area (Å²) in [6, 6.07) is 6.53. The van der Waals surface area contributed by atoms with Crippen LogP contribution in [0.25, 0.3) is 21.3 Å². The molecule has 1 N–H and O–H groups in total. The topological polar surface area (TPSA) is 72.3 Å². The average molecular weight is 395 g/mol. The Balaban J connectivity index is 2.08. The SMILES string of the molecule is COC(=O)c1sc2nc(/C(Cl)=C/c3ccc(O)cc3)nc(Cl)c2c1C. The van der Waals surface area contributed by atoms with Crippen molar-refractivity contribution in [1.82, 2.24) is 9.97 Å². The molecule has 3 rings (SSSR count). The molecule has 0 unspecified atom stereocenters. The van der Waals surface area contributed by atoms with Crippen molar-refractivity contribution in [2.45, 2.75) is 6.92 Å². The molecule has 0 saturated carbocycles. The molecule has 5 nitrogen and oxygen atoms in total. The number of aromatic hydroxyl groups is 1. The van der Waals surface area contributed by atoms with Gasteiger partial charge >= 0.3 is 5.97 Å². The number of aryl methyl sites for hydroxylation is 1. The molecule has 8 heteroatoms. The number of benzene rings is 1. The van der Waals surface area contributed by atoms with Gasteiger partial charge in [0.1, 0.15) is 20.6 Å². The number of carbonyl (C=O) groups is 1. The second-order valence-corrected chi connectivity index (χ2v) is 6.91. The summed E-state index contributed by atoms with van der Waals surface area (Å²) in [5, 5.41) is 10.5. The van der Waals surface area contributed by atoms with E-state index in [1.807, 2.05) is 0 Å². The van der Waals surface area contributed by atoms with Gasteiger partial charge in [0.25, 0.3) is 0 Å². The number of hydrogen-bond acceptors (Lipinski definition) is 6. The summed E-state index contributed by atoms with van der Waals surface area (Å²) in [4.78, 5) is 21.5. The third-order valence-corrected chi connectivity index (χ3v) is 5.23. The highest BCUT2D eigenvalue weighted by Crippen LogP contribution is 2.35. The Kier molecular flexibility index (Phi) is 4.94. The Bertz CT molecular complexity index is 997. The number of phenolic OH excluding ortho intramolecular Hbond substituents is 1. The van der Waals surface area contributed by atoms with Crippen molar-refractivity contribution >= 4 is 61.8 Å². The van der Waals surface area contributed by atoms with Gasteiger partial charge in [0.2, 0.25) is 0 Å². The fraction of sp³-hybridized carbons (Fsp3) is 0.118. The van der Waals surface area contributed by atoms with E-state index in [0.29, 0.717) is 25.7 Å². The van der Waals surface area contributed by atoms with Gasteiger partial charge < -0.3 is 9.84 Å². The number of hydrogen-bond donors (Lipinski definition) is 1. The van der Waals surface area contributed by atoms with Gasteiger partial charge in [-0.1, -0.05) is 35.3 Å². The van der Waals surface area contributed by atoms with Crippen LogP contribution in [0, 0.1) is 6.92 Å². The molecule has 0 aliphatic carbocycles. The second-order valence-electron chi connectivity index (χ2n) is 5.15. The molecule has 0 spiro atoms. The highest BCUT2D eigenvalue weighted by Gasteiger charge is 2.20. The molecule has 0 amide bonds. The number of methoxy groups -OCH3 is 1. The molecule has 0 saturated heterocycles. The summed E-state index contributed by atoms with van der Waals surface area (Å²) < 4.78 is 4.78. The predicted molar refractivity (Wildman–Crippen MR) is 100 cm³/mol. The van der Waals surface area contributed by atoms with Gasteiger partial charge in [0, 0.05) is 0 Å². The van der Waals surface area contributed by atoms with Gasteiger partial charge in [0.05, 0.1) is 17.5 Å². The molecule has 0 atom stereocenters. The van der Waals surface area contributed by atoms with Crippen LogP contribution in [-0.2, 0) is 4.74 Å². The lowest BCUT2D eigenvalue weighted by molar-refractivity contribution is 0.0605. The highest BCUT2D eigenvalue weighted by atomic mass is 35.5. The van der Waals surface area contributed by atoms with Crippen LogP contribution >= 0.6 is 34.5 Å². The van der Waals surface area contributed by atoms with Gasteiger partial charge in [-0.2, -0.15) is 0 Å². The average Bonchev–Trinajstić information content (AvgIpc) is 2.93. The quantitative estimate of drug-likeness (QED) is 0.505. The second kappa shape index (κ2) is 7.00. The molecule has 2 aromatic heterocycles. The Morgan fingerprint density at radius 2 is 1.96 bits per heavy atom. The predicted octanol–water partition coefficient (Wildman–Crippen LogP) is 4.88. The number of aromatic nitrogens is 2. The first-order valence-corrected chi connectivity index (χ1v) is 8.69. The van der Waals surface area contributed by atoms with Crippen LogP contribution in [0.2, 0.25) is 5.15 Å². The summed E-state index contributed by atoms with van der Waals surface area (Å²) in [6.07, 6.45) is 1.67. The van der Waals surface area contributed by atoms with Crippen LogP contribution < -0.4 is 0 Å². The standard InChI is InChI=1S/C17H12Cl2N2O3S/c1-8-12-14(19)20-15(21-16(12)25-13(8)17(23)24-2)11(18)7-9-3-5-10(22)6-4-9/h3-7,22H,1-2H3/b11-7-. The van der Waals surface area contributed by atoms with Crippen molar-refractivity contribution in [2.24, 2.45) is 0 Å². The first kappa shape index (κ1) is 17.7. The van der Waals surface area contributed by atoms with E-state index in [-0.39, 0.29) is 16.7 Å². The van der Waals surface area contributed by atoms with Gasteiger partial charge in [-0.3, -0.25) is 0 Å². The maximum Gasteiger partial charge on any atom is 0.348 e. The zero-order valence-electron chi connectivity index (χ0n) is 13.2. The number of fused-ring (bicyclic) bond motifs is 1. The van der Waals surface area contributed by atoms with E-state index in [4.69, 9.17) is 27.9 Å². The number of phenols is 1. The molecule has 128 valence electrons. The fourth-order valence-corrected chi connectivity index (χ4v) is 3.94. The van der Waals surface area contributed by atoms with E-state index in [1.54, 1.807) is 37.3 Å². The maximum absolute atomic E-state index is 11.8. The van der Waals surface area contributed by atoms with E-state index in [2.05, 4.69) is 9.97 Å². The van der Waals surface area contributed by atoms with E-state index >= 15 is 0 Å². The van der Waals surface area contributed by atoms with Gasteiger partial charge in [-0.25, -0.2) is 14.8 Å². The van der Waals surface area contributed by atoms with Crippen LogP contribution in [0.1, 0.15) is 26.6 Å². The van der Waals surface area contributed by atoms with Crippen molar-refractivity contribution in [3.05, 3.63) is 51.2 Å². The van der Waals surface area contributed by atoms with Crippen LogP contribution in [0.4, 0.5) is 0 Å². The van der Waals surface area contributed by atoms with E-state index < -0.39 is 5.97 Å². The highest BCUT2D eigenvalue weighted by molar-refractivity contribution is 7.20. The molecule has 2 heterocycles. The molecule has 25 heavy (non-hydrogen) atoms. The number of carbonyl (C=O) groups excluding carboxylic acids is 1. The number of nitrogens with zero attached hydrogens (tertiary/aromatic N) is 2. The molecule has 0 radical (unpaired) electrons. The van der Waals surface area contributed by atoms with Crippen molar-refractivity contribution < 1.29 is 14.6 Å². The summed E-state index contributed by atoms with van der Waals surface area (Å²) in [5.74, 6) is -0.0212. The Labute approximate surface area is 157 Å². The van der Waals surface area contributed by atoms with Gasteiger partial charge in [-0.15, -0.1) is 11.3 Å². The molecule has 0 bridgehead atoms. The smallest absolute Gasteiger partial charge is 0.348 e. The summed E-state index contributed by atoms with van der Waals surface area (Å²) in [6.45, 7) is 1.77.